The van der Waals surface area contributed by atoms with Crippen LogP contribution < -0.4 is 5.32 Å². The molecule has 1 aromatic heterocycles. The first-order valence-electron chi connectivity index (χ1n) is 6.14. The zero-order valence-electron chi connectivity index (χ0n) is 10.8. The standard InChI is InChI=1S/C15H16N2OS/c1-12-7-9-16-14(11-12)17-15(18)8-10-19-13-5-3-2-4-6-13/h2-7,9,11H,8,10H2,1H3,(H,16,17,18). The molecule has 4 heteroatoms. The Morgan fingerprint density at radius 3 is 2.79 bits per heavy atom. The van der Waals surface area contributed by atoms with E-state index in [1.807, 2.05) is 49.4 Å². The van der Waals surface area contributed by atoms with Crippen molar-refractivity contribution in [3.63, 3.8) is 0 Å². The predicted molar refractivity (Wildman–Crippen MR) is 79.4 cm³/mol. The van der Waals surface area contributed by atoms with Crippen molar-refractivity contribution in [2.75, 3.05) is 11.1 Å². The Morgan fingerprint density at radius 2 is 2.05 bits per heavy atom. The van der Waals surface area contributed by atoms with Crippen molar-refractivity contribution in [3.8, 4) is 0 Å². The maximum atomic E-state index is 11.7. The van der Waals surface area contributed by atoms with E-state index in [0.717, 1.165) is 11.3 Å². The average molecular weight is 272 g/mol. The zero-order chi connectivity index (χ0) is 13.5. The fraction of sp³-hybridized carbons (Fsp3) is 0.200. The Labute approximate surface area is 117 Å². The van der Waals surface area contributed by atoms with Gasteiger partial charge in [0.1, 0.15) is 5.82 Å². The van der Waals surface area contributed by atoms with E-state index in [2.05, 4.69) is 10.3 Å². The molecule has 1 heterocycles. The van der Waals surface area contributed by atoms with E-state index in [1.165, 1.54) is 4.90 Å². The normalized spacial score (nSPS) is 10.2. The number of carbonyl (C=O) groups is 1. The van der Waals surface area contributed by atoms with Crippen LogP contribution >= 0.6 is 11.8 Å². The van der Waals surface area contributed by atoms with E-state index in [-0.39, 0.29) is 5.91 Å². The van der Waals surface area contributed by atoms with Crippen molar-refractivity contribution in [2.45, 2.75) is 18.2 Å². The van der Waals surface area contributed by atoms with Gasteiger partial charge >= 0.3 is 0 Å². The SMILES string of the molecule is Cc1ccnc(NC(=O)CCSc2ccccc2)c1. The zero-order valence-corrected chi connectivity index (χ0v) is 11.6. The van der Waals surface area contributed by atoms with Crippen LogP contribution in [0.15, 0.2) is 53.6 Å². The molecule has 19 heavy (non-hydrogen) atoms. The van der Waals surface area contributed by atoms with Gasteiger partial charge in [0.2, 0.25) is 5.91 Å². The fourth-order valence-electron chi connectivity index (χ4n) is 1.59. The van der Waals surface area contributed by atoms with Gasteiger partial charge in [0.25, 0.3) is 0 Å². The van der Waals surface area contributed by atoms with Crippen LogP contribution in [-0.4, -0.2) is 16.6 Å². The third-order valence-electron chi connectivity index (χ3n) is 2.52. The number of carbonyl (C=O) groups excluding carboxylic acids is 1. The summed E-state index contributed by atoms with van der Waals surface area (Å²) in [6.45, 7) is 1.97. The van der Waals surface area contributed by atoms with Crippen molar-refractivity contribution in [3.05, 3.63) is 54.2 Å². The molecule has 1 N–H and O–H groups in total. The van der Waals surface area contributed by atoms with Crippen molar-refractivity contribution >= 4 is 23.5 Å². The molecule has 0 unspecified atom stereocenters. The second kappa shape index (κ2) is 6.95. The monoisotopic (exact) mass is 272 g/mol. The number of benzene rings is 1. The van der Waals surface area contributed by atoms with Gasteiger partial charge in [0, 0.05) is 23.3 Å². The molecule has 0 saturated heterocycles. The molecule has 2 rings (SSSR count). The highest BCUT2D eigenvalue weighted by atomic mass is 32.2. The van der Waals surface area contributed by atoms with Crippen LogP contribution in [0.1, 0.15) is 12.0 Å². The highest BCUT2D eigenvalue weighted by molar-refractivity contribution is 7.99. The summed E-state index contributed by atoms with van der Waals surface area (Å²) in [5.41, 5.74) is 1.09. The molecular weight excluding hydrogens is 256 g/mol. The molecule has 98 valence electrons. The van der Waals surface area contributed by atoms with Gasteiger partial charge in [-0.15, -0.1) is 11.8 Å². The third-order valence-corrected chi connectivity index (χ3v) is 3.54. The number of anilines is 1. The number of thioether (sulfide) groups is 1. The topological polar surface area (TPSA) is 42.0 Å². The number of hydrogen-bond acceptors (Lipinski definition) is 3. The van der Waals surface area contributed by atoms with Crippen LogP contribution in [0.3, 0.4) is 0 Å². The van der Waals surface area contributed by atoms with Gasteiger partial charge in [-0.1, -0.05) is 18.2 Å². The van der Waals surface area contributed by atoms with Crippen molar-refractivity contribution < 1.29 is 4.79 Å². The molecule has 0 fully saturated rings. The van der Waals surface area contributed by atoms with E-state index in [9.17, 15) is 4.79 Å². The number of rotatable bonds is 5. The number of aromatic nitrogens is 1. The van der Waals surface area contributed by atoms with E-state index < -0.39 is 0 Å². The second-order valence-electron chi connectivity index (χ2n) is 4.18. The van der Waals surface area contributed by atoms with E-state index >= 15 is 0 Å². The molecule has 0 atom stereocenters. The molecule has 0 aliphatic rings. The Kier molecular flexibility index (Phi) is 4.98. The number of pyridine rings is 1. The summed E-state index contributed by atoms with van der Waals surface area (Å²) in [6, 6.07) is 13.8. The van der Waals surface area contributed by atoms with Gasteiger partial charge < -0.3 is 5.32 Å². The number of aryl methyl sites for hydroxylation is 1. The Bertz CT molecular complexity index is 543. The van der Waals surface area contributed by atoms with Crippen molar-refractivity contribution in [2.24, 2.45) is 0 Å². The van der Waals surface area contributed by atoms with E-state index in [4.69, 9.17) is 0 Å². The molecule has 1 amide bonds. The van der Waals surface area contributed by atoms with Crippen LogP contribution in [0.25, 0.3) is 0 Å². The quantitative estimate of drug-likeness (QED) is 0.847. The van der Waals surface area contributed by atoms with E-state index in [1.54, 1.807) is 18.0 Å². The molecule has 0 saturated carbocycles. The third kappa shape index (κ3) is 4.75. The number of amides is 1. The van der Waals surface area contributed by atoms with Crippen LogP contribution in [0.5, 0.6) is 0 Å². The van der Waals surface area contributed by atoms with Crippen molar-refractivity contribution in [1.82, 2.24) is 4.98 Å². The van der Waals surface area contributed by atoms with Crippen LogP contribution in [0.4, 0.5) is 5.82 Å². The summed E-state index contributed by atoms with van der Waals surface area (Å²) in [7, 11) is 0. The minimum Gasteiger partial charge on any atom is -0.311 e. The fourth-order valence-corrected chi connectivity index (χ4v) is 2.46. The minimum atomic E-state index is 0.00142. The molecule has 0 aliphatic carbocycles. The first kappa shape index (κ1) is 13.6. The lowest BCUT2D eigenvalue weighted by molar-refractivity contribution is -0.115. The lowest BCUT2D eigenvalue weighted by Crippen LogP contribution is -2.13. The van der Waals surface area contributed by atoms with Crippen LogP contribution in [-0.2, 0) is 4.79 Å². The first-order chi connectivity index (χ1) is 9.24. The molecule has 0 bridgehead atoms. The Morgan fingerprint density at radius 1 is 1.26 bits per heavy atom. The largest absolute Gasteiger partial charge is 0.311 e. The second-order valence-corrected chi connectivity index (χ2v) is 5.35. The van der Waals surface area contributed by atoms with Gasteiger partial charge in [-0.05, 0) is 36.8 Å². The first-order valence-corrected chi connectivity index (χ1v) is 7.13. The molecule has 1 aromatic carbocycles. The maximum Gasteiger partial charge on any atom is 0.226 e. The lowest BCUT2D eigenvalue weighted by atomic mass is 10.3. The highest BCUT2D eigenvalue weighted by Crippen LogP contribution is 2.18. The highest BCUT2D eigenvalue weighted by Gasteiger charge is 2.03. The maximum absolute atomic E-state index is 11.7. The summed E-state index contributed by atoms with van der Waals surface area (Å²) in [5, 5.41) is 2.81. The summed E-state index contributed by atoms with van der Waals surface area (Å²) in [5.74, 6) is 1.39. The summed E-state index contributed by atoms with van der Waals surface area (Å²) < 4.78 is 0. The summed E-state index contributed by atoms with van der Waals surface area (Å²) >= 11 is 1.68. The van der Waals surface area contributed by atoms with Gasteiger partial charge in [0.05, 0.1) is 0 Å². The predicted octanol–water partition coefficient (Wildman–Crippen LogP) is 3.51. The smallest absolute Gasteiger partial charge is 0.226 e. The Balaban J connectivity index is 1.76. The van der Waals surface area contributed by atoms with Gasteiger partial charge in [-0.2, -0.15) is 0 Å². The summed E-state index contributed by atoms with van der Waals surface area (Å²) in [6.07, 6.45) is 2.18. The van der Waals surface area contributed by atoms with Crippen LogP contribution in [0, 0.1) is 6.92 Å². The molecule has 2 aromatic rings. The van der Waals surface area contributed by atoms with Gasteiger partial charge in [-0.3, -0.25) is 4.79 Å². The summed E-state index contributed by atoms with van der Waals surface area (Å²) in [4.78, 5) is 17.0. The molecule has 0 spiro atoms. The molecule has 3 nitrogen and oxygen atoms in total. The van der Waals surface area contributed by atoms with Crippen LogP contribution in [0.2, 0.25) is 0 Å². The number of nitrogens with one attached hydrogen (secondary N) is 1. The van der Waals surface area contributed by atoms with Gasteiger partial charge in [0.15, 0.2) is 0 Å². The number of hydrogen-bond donors (Lipinski definition) is 1. The average Bonchev–Trinajstić information content (AvgIpc) is 2.40. The molecule has 0 radical (unpaired) electrons. The van der Waals surface area contributed by atoms with Crippen molar-refractivity contribution in [1.29, 1.82) is 0 Å². The minimum absolute atomic E-state index is 0.00142. The lowest BCUT2D eigenvalue weighted by Gasteiger charge is -2.05. The molecular formula is C15H16N2OS. The van der Waals surface area contributed by atoms with Gasteiger partial charge in [-0.25, -0.2) is 4.98 Å². The Hall–Kier alpha value is -1.81. The van der Waals surface area contributed by atoms with E-state index in [0.29, 0.717) is 12.2 Å². The number of nitrogens with zero attached hydrogens (tertiary/aromatic N) is 1. The molecule has 0 aliphatic heterocycles.